The molecule has 0 saturated carbocycles. The van der Waals surface area contributed by atoms with Gasteiger partial charge in [-0.1, -0.05) is 17.7 Å². The number of carbonyl (C=O) groups is 1. The Morgan fingerprint density at radius 1 is 1.03 bits per heavy atom. The number of methoxy groups -OCH3 is 2. The Morgan fingerprint density at radius 2 is 1.63 bits per heavy atom. The van der Waals surface area contributed by atoms with Crippen LogP contribution in [0.1, 0.15) is 10.4 Å². The first kappa shape index (κ1) is 22.3. The molecule has 0 unspecified atom stereocenters. The predicted octanol–water partition coefficient (Wildman–Crippen LogP) is 2.78. The Hall–Kier alpha value is -2.43. The molecule has 1 amide bonds. The van der Waals surface area contributed by atoms with Crippen molar-refractivity contribution < 1.29 is 31.5 Å². The molecule has 1 fully saturated rings. The number of halogens is 3. The number of rotatable bonds is 5. The molecule has 11 heteroatoms. The van der Waals surface area contributed by atoms with Crippen LogP contribution in [0.15, 0.2) is 35.2 Å². The van der Waals surface area contributed by atoms with Gasteiger partial charge in [0.15, 0.2) is 16.4 Å². The molecule has 3 rings (SSSR count). The summed E-state index contributed by atoms with van der Waals surface area (Å²) in [6.45, 7) is -0.133. The number of amides is 1. The maximum atomic E-state index is 14.0. The monoisotopic (exact) mass is 460 g/mol. The van der Waals surface area contributed by atoms with Crippen molar-refractivity contribution in [3.05, 3.63) is 52.6 Å². The minimum Gasteiger partial charge on any atom is -0.493 e. The second-order valence-electron chi connectivity index (χ2n) is 6.44. The van der Waals surface area contributed by atoms with Gasteiger partial charge in [-0.15, -0.1) is 0 Å². The molecular weight excluding hydrogens is 442 g/mol. The fourth-order valence-corrected chi connectivity index (χ4v) is 5.03. The maximum Gasteiger partial charge on any atom is 0.254 e. The summed E-state index contributed by atoms with van der Waals surface area (Å²) >= 11 is 6.14. The zero-order chi connectivity index (χ0) is 22.1. The number of sulfonamides is 1. The van der Waals surface area contributed by atoms with Gasteiger partial charge in [0.1, 0.15) is 11.6 Å². The summed E-state index contributed by atoms with van der Waals surface area (Å²) in [7, 11) is -1.55. The lowest BCUT2D eigenvalue weighted by molar-refractivity contribution is 0.0697. The van der Waals surface area contributed by atoms with Crippen LogP contribution in [0, 0.1) is 11.6 Å². The third kappa shape index (κ3) is 4.07. The number of ether oxygens (including phenoxy) is 2. The van der Waals surface area contributed by atoms with Crippen LogP contribution in [0.5, 0.6) is 11.5 Å². The van der Waals surface area contributed by atoms with E-state index in [1.165, 1.54) is 31.3 Å². The summed E-state index contributed by atoms with van der Waals surface area (Å²) in [6.07, 6.45) is 0. The minimum atomic E-state index is -4.38. The Morgan fingerprint density at radius 3 is 2.17 bits per heavy atom. The van der Waals surface area contributed by atoms with E-state index in [2.05, 4.69) is 0 Å². The standard InChI is InChI=1S/C19H19ClF2N2O5S/c1-28-16-11-12(10-13(20)17(16)29-2)19(25)23-6-8-24(9-7-23)30(26,27)18-14(21)4-3-5-15(18)22/h3-5,10-11H,6-9H2,1-2H3. The molecule has 30 heavy (non-hydrogen) atoms. The highest BCUT2D eigenvalue weighted by Crippen LogP contribution is 2.36. The van der Waals surface area contributed by atoms with Crippen molar-refractivity contribution in [2.45, 2.75) is 4.90 Å². The van der Waals surface area contributed by atoms with E-state index in [9.17, 15) is 22.0 Å². The third-order valence-electron chi connectivity index (χ3n) is 4.72. The Balaban J connectivity index is 1.77. The summed E-state index contributed by atoms with van der Waals surface area (Å²) < 4.78 is 64.5. The van der Waals surface area contributed by atoms with E-state index in [0.29, 0.717) is 5.75 Å². The second kappa shape index (κ2) is 8.75. The smallest absolute Gasteiger partial charge is 0.254 e. The van der Waals surface area contributed by atoms with Crippen LogP contribution in [-0.4, -0.2) is 63.9 Å². The molecule has 1 aliphatic heterocycles. The zero-order valence-corrected chi connectivity index (χ0v) is 17.8. The molecule has 2 aromatic rings. The van der Waals surface area contributed by atoms with Crippen molar-refractivity contribution in [1.82, 2.24) is 9.21 Å². The lowest BCUT2D eigenvalue weighted by Crippen LogP contribution is -2.50. The normalized spacial score (nSPS) is 15.2. The maximum absolute atomic E-state index is 14.0. The molecule has 0 aliphatic carbocycles. The van der Waals surface area contributed by atoms with Gasteiger partial charge >= 0.3 is 0 Å². The fourth-order valence-electron chi connectivity index (χ4n) is 3.21. The van der Waals surface area contributed by atoms with E-state index in [1.54, 1.807) is 0 Å². The molecule has 1 aliphatic rings. The number of nitrogens with zero attached hydrogens (tertiary/aromatic N) is 2. The van der Waals surface area contributed by atoms with Gasteiger partial charge in [0, 0.05) is 31.7 Å². The lowest BCUT2D eigenvalue weighted by Gasteiger charge is -2.34. The molecule has 0 radical (unpaired) electrons. The van der Waals surface area contributed by atoms with Crippen LogP contribution in [0.25, 0.3) is 0 Å². The molecule has 7 nitrogen and oxygen atoms in total. The molecule has 0 N–H and O–H groups in total. The first-order valence-corrected chi connectivity index (χ1v) is 10.7. The van der Waals surface area contributed by atoms with Gasteiger partial charge in [-0.05, 0) is 24.3 Å². The Kier molecular flexibility index (Phi) is 6.49. The molecule has 162 valence electrons. The van der Waals surface area contributed by atoms with Gasteiger partial charge in [-0.25, -0.2) is 17.2 Å². The van der Waals surface area contributed by atoms with Crippen LogP contribution < -0.4 is 9.47 Å². The summed E-state index contributed by atoms with van der Waals surface area (Å²) in [5.74, 6) is -2.13. The molecule has 2 aromatic carbocycles. The van der Waals surface area contributed by atoms with Crippen LogP contribution in [0.3, 0.4) is 0 Å². The number of hydrogen-bond donors (Lipinski definition) is 0. The largest absolute Gasteiger partial charge is 0.493 e. The molecule has 0 spiro atoms. The molecule has 0 atom stereocenters. The topological polar surface area (TPSA) is 76.2 Å². The van der Waals surface area contributed by atoms with Gasteiger partial charge in [0.25, 0.3) is 5.91 Å². The predicted molar refractivity (Wildman–Crippen MR) is 106 cm³/mol. The van der Waals surface area contributed by atoms with Crippen molar-refractivity contribution in [2.75, 3.05) is 40.4 Å². The van der Waals surface area contributed by atoms with E-state index in [0.717, 1.165) is 22.5 Å². The summed E-state index contributed by atoms with van der Waals surface area (Å²) in [5, 5.41) is 0.191. The van der Waals surface area contributed by atoms with Gasteiger partial charge in [-0.2, -0.15) is 4.31 Å². The number of carbonyl (C=O) groups excluding carboxylic acids is 1. The average molecular weight is 461 g/mol. The van der Waals surface area contributed by atoms with E-state index in [-0.39, 0.29) is 48.4 Å². The van der Waals surface area contributed by atoms with Gasteiger partial charge < -0.3 is 14.4 Å². The summed E-state index contributed by atoms with van der Waals surface area (Å²) in [5.41, 5.74) is 0.245. The second-order valence-corrected chi connectivity index (χ2v) is 8.72. The van der Waals surface area contributed by atoms with Crippen LogP contribution in [0.2, 0.25) is 5.02 Å². The molecular formula is C19H19ClF2N2O5S. The van der Waals surface area contributed by atoms with Crippen LogP contribution >= 0.6 is 11.6 Å². The Labute approximate surface area is 177 Å². The minimum absolute atomic E-state index is 0.0418. The van der Waals surface area contributed by atoms with E-state index in [1.807, 2.05) is 0 Å². The molecule has 1 saturated heterocycles. The molecule has 1 heterocycles. The van der Waals surface area contributed by atoms with Crippen molar-refractivity contribution in [3.63, 3.8) is 0 Å². The molecule has 0 aromatic heterocycles. The quantitative estimate of drug-likeness (QED) is 0.685. The third-order valence-corrected chi connectivity index (χ3v) is 6.95. The average Bonchev–Trinajstić information content (AvgIpc) is 2.72. The number of hydrogen-bond acceptors (Lipinski definition) is 5. The van der Waals surface area contributed by atoms with E-state index >= 15 is 0 Å². The summed E-state index contributed by atoms with van der Waals surface area (Å²) in [6, 6.07) is 5.77. The van der Waals surface area contributed by atoms with E-state index in [4.69, 9.17) is 21.1 Å². The van der Waals surface area contributed by atoms with Crippen molar-refractivity contribution in [1.29, 1.82) is 0 Å². The van der Waals surface area contributed by atoms with Crippen molar-refractivity contribution in [3.8, 4) is 11.5 Å². The number of piperazine rings is 1. The van der Waals surface area contributed by atoms with Gasteiger partial charge in [0.05, 0.1) is 19.2 Å². The van der Waals surface area contributed by atoms with Gasteiger partial charge in [0.2, 0.25) is 10.0 Å². The van der Waals surface area contributed by atoms with Crippen LogP contribution in [0.4, 0.5) is 8.78 Å². The van der Waals surface area contributed by atoms with Crippen molar-refractivity contribution in [2.24, 2.45) is 0 Å². The summed E-state index contributed by atoms with van der Waals surface area (Å²) in [4.78, 5) is 13.3. The first-order valence-electron chi connectivity index (χ1n) is 8.85. The Bertz CT molecular complexity index is 1050. The highest BCUT2D eigenvalue weighted by atomic mass is 35.5. The zero-order valence-electron chi connectivity index (χ0n) is 16.2. The first-order chi connectivity index (χ1) is 14.2. The fraction of sp³-hybridized carbons (Fsp3) is 0.316. The number of benzene rings is 2. The lowest BCUT2D eigenvalue weighted by atomic mass is 10.1. The SMILES string of the molecule is COc1cc(C(=O)N2CCN(S(=O)(=O)c3c(F)cccc3F)CC2)cc(Cl)c1OC. The van der Waals surface area contributed by atoms with Crippen molar-refractivity contribution >= 4 is 27.5 Å². The van der Waals surface area contributed by atoms with Gasteiger partial charge in [-0.3, -0.25) is 4.79 Å². The highest BCUT2D eigenvalue weighted by molar-refractivity contribution is 7.89. The highest BCUT2D eigenvalue weighted by Gasteiger charge is 2.34. The van der Waals surface area contributed by atoms with E-state index < -0.39 is 26.6 Å². The van der Waals surface area contributed by atoms with Crippen LogP contribution in [-0.2, 0) is 10.0 Å². The molecule has 0 bridgehead atoms.